The first-order valence-electron chi connectivity index (χ1n) is 11.3. The summed E-state index contributed by atoms with van der Waals surface area (Å²) in [5.74, 6) is 0.635. The van der Waals surface area contributed by atoms with E-state index in [2.05, 4.69) is 16.4 Å². The van der Waals surface area contributed by atoms with E-state index in [1.807, 2.05) is 42.5 Å². The van der Waals surface area contributed by atoms with Crippen LogP contribution in [0.15, 0.2) is 77.7 Å². The van der Waals surface area contributed by atoms with Crippen molar-refractivity contribution in [1.82, 2.24) is 14.6 Å². The highest BCUT2D eigenvalue weighted by atomic mass is 32.2. The van der Waals surface area contributed by atoms with Crippen LogP contribution in [0.5, 0.6) is 5.75 Å². The van der Waals surface area contributed by atoms with Crippen LogP contribution >= 0.6 is 0 Å². The number of ether oxygens (including phenoxy) is 1. The second-order valence-electron chi connectivity index (χ2n) is 8.42. The molecule has 0 saturated carbocycles. The molecular formula is C27H29N3O4S. The minimum absolute atomic E-state index is 0.140. The van der Waals surface area contributed by atoms with Gasteiger partial charge in [0.1, 0.15) is 5.75 Å². The third kappa shape index (κ3) is 5.23. The maximum Gasteiger partial charge on any atom is 0.242 e. The van der Waals surface area contributed by atoms with Gasteiger partial charge in [0.05, 0.1) is 12.0 Å². The summed E-state index contributed by atoms with van der Waals surface area (Å²) in [5.41, 5.74) is 4.62. The molecule has 0 unspecified atom stereocenters. The summed E-state index contributed by atoms with van der Waals surface area (Å²) >= 11 is 0. The number of sulfonamides is 1. The van der Waals surface area contributed by atoms with Crippen molar-refractivity contribution in [3.63, 3.8) is 0 Å². The smallest absolute Gasteiger partial charge is 0.242 e. The number of benzene rings is 3. The van der Waals surface area contributed by atoms with E-state index in [-0.39, 0.29) is 23.8 Å². The number of para-hydroxylation sites is 1. The molecule has 0 aliphatic carbocycles. The van der Waals surface area contributed by atoms with Crippen molar-refractivity contribution in [1.29, 1.82) is 0 Å². The molecule has 0 aliphatic heterocycles. The number of hydrogen-bond acceptors (Lipinski definition) is 4. The molecule has 4 rings (SSSR count). The summed E-state index contributed by atoms with van der Waals surface area (Å²) in [4.78, 5) is 16.5. The number of hydrogen-bond donors (Lipinski definition) is 2. The number of aromatic amines is 1. The van der Waals surface area contributed by atoms with Crippen LogP contribution < -0.4 is 10.1 Å². The number of aryl methyl sites for hydroxylation is 1. The van der Waals surface area contributed by atoms with Gasteiger partial charge in [-0.05, 0) is 59.5 Å². The third-order valence-corrected chi connectivity index (χ3v) is 7.92. The molecule has 0 radical (unpaired) electrons. The number of carbonyl (C=O) groups excluding carboxylic acids is 1. The second kappa shape index (κ2) is 10.3. The van der Waals surface area contributed by atoms with Crippen LogP contribution in [-0.4, -0.2) is 44.8 Å². The predicted octanol–water partition coefficient (Wildman–Crippen LogP) is 4.34. The second-order valence-corrected chi connectivity index (χ2v) is 10.5. The summed E-state index contributed by atoms with van der Waals surface area (Å²) in [6.07, 6.45) is 0.808. The lowest BCUT2D eigenvalue weighted by atomic mass is 10.0. The van der Waals surface area contributed by atoms with Gasteiger partial charge in [-0.3, -0.25) is 4.79 Å². The maximum absolute atomic E-state index is 12.8. The maximum atomic E-state index is 12.8. The van der Waals surface area contributed by atoms with Gasteiger partial charge < -0.3 is 15.0 Å². The van der Waals surface area contributed by atoms with Crippen molar-refractivity contribution in [3.05, 3.63) is 83.9 Å². The molecule has 0 saturated heterocycles. The van der Waals surface area contributed by atoms with Crippen LogP contribution in [0.1, 0.15) is 17.5 Å². The van der Waals surface area contributed by atoms with Crippen LogP contribution in [0, 0.1) is 0 Å². The van der Waals surface area contributed by atoms with Gasteiger partial charge in [-0.1, -0.05) is 36.4 Å². The molecule has 8 heteroatoms. The van der Waals surface area contributed by atoms with E-state index in [0.29, 0.717) is 12.0 Å². The van der Waals surface area contributed by atoms with Gasteiger partial charge >= 0.3 is 0 Å². The van der Waals surface area contributed by atoms with E-state index in [0.717, 1.165) is 33.5 Å². The van der Waals surface area contributed by atoms with E-state index in [1.54, 1.807) is 31.4 Å². The molecule has 7 nitrogen and oxygen atoms in total. The zero-order valence-corrected chi connectivity index (χ0v) is 20.9. The Morgan fingerprint density at radius 2 is 1.66 bits per heavy atom. The number of nitrogens with zero attached hydrogens (tertiary/aromatic N) is 1. The summed E-state index contributed by atoms with van der Waals surface area (Å²) in [6, 6.07) is 22.6. The van der Waals surface area contributed by atoms with Gasteiger partial charge in [0.2, 0.25) is 15.9 Å². The van der Waals surface area contributed by atoms with E-state index < -0.39 is 10.0 Å². The Morgan fingerprint density at radius 1 is 0.971 bits per heavy atom. The average molecular weight is 492 g/mol. The van der Waals surface area contributed by atoms with E-state index >= 15 is 0 Å². The summed E-state index contributed by atoms with van der Waals surface area (Å²) in [5, 5.41) is 3.96. The van der Waals surface area contributed by atoms with Crippen LogP contribution in [-0.2, 0) is 27.8 Å². The zero-order chi connectivity index (χ0) is 25.0. The summed E-state index contributed by atoms with van der Waals surface area (Å²) < 4.78 is 31.7. The number of aromatic nitrogens is 1. The molecule has 3 aromatic carbocycles. The topological polar surface area (TPSA) is 91.5 Å². The van der Waals surface area contributed by atoms with Crippen molar-refractivity contribution in [2.24, 2.45) is 0 Å². The Balaban J connectivity index is 1.51. The molecule has 2 N–H and O–H groups in total. The van der Waals surface area contributed by atoms with Crippen molar-refractivity contribution in [3.8, 4) is 17.0 Å². The minimum atomic E-state index is -3.60. The molecule has 4 aromatic rings. The molecule has 182 valence electrons. The fourth-order valence-corrected chi connectivity index (χ4v) is 5.20. The summed E-state index contributed by atoms with van der Waals surface area (Å²) in [7, 11) is 1.02. The molecule has 0 atom stereocenters. The van der Waals surface area contributed by atoms with Crippen molar-refractivity contribution >= 4 is 26.8 Å². The van der Waals surface area contributed by atoms with E-state index in [4.69, 9.17) is 4.74 Å². The molecule has 1 aromatic heterocycles. The molecule has 0 spiro atoms. The fourth-order valence-electron chi connectivity index (χ4n) is 4.08. The Bertz CT molecular complexity index is 1440. The van der Waals surface area contributed by atoms with Crippen molar-refractivity contribution in [2.45, 2.75) is 24.3 Å². The first kappa shape index (κ1) is 24.5. The first-order chi connectivity index (χ1) is 16.8. The highest BCUT2D eigenvalue weighted by Gasteiger charge is 2.21. The SMILES string of the molecule is COc1ccc(-c2[nH]c3ccccc3c2CCC(=O)NCc2ccccc2S(=O)(=O)N(C)C)cc1. The molecule has 35 heavy (non-hydrogen) atoms. The number of nitrogens with one attached hydrogen (secondary N) is 2. The highest BCUT2D eigenvalue weighted by molar-refractivity contribution is 7.89. The van der Waals surface area contributed by atoms with Gasteiger partial charge in [-0.2, -0.15) is 0 Å². The number of H-pyrrole nitrogens is 1. The van der Waals surface area contributed by atoms with Crippen LogP contribution in [0.3, 0.4) is 0 Å². The van der Waals surface area contributed by atoms with Gasteiger partial charge in [0.25, 0.3) is 0 Å². The standard InChI is InChI=1S/C27H29N3O4S/c1-30(2)35(32,33)25-11-7-4-8-20(25)18-28-26(31)17-16-23-22-9-5-6-10-24(22)29-27(23)19-12-14-21(34-3)15-13-19/h4-15,29H,16-18H2,1-3H3,(H,28,31). The largest absolute Gasteiger partial charge is 0.497 e. The quantitative estimate of drug-likeness (QED) is 0.364. The van der Waals surface area contributed by atoms with Crippen molar-refractivity contribution < 1.29 is 17.9 Å². The number of carbonyl (C=O) groups is 1. The Morgan fingerprint density at radius 3 is 2.37 bits per heavy atom. The predicted molar refractivity (Wildman–Crippen MR) is 138 cm³/mol. The van der Waals surface area contributed by atoms with Crippen molar-refractivity contribution in [2.75, 3.05) is 21.2 Å². The van der Waals surface area contributed by atoms with Gasteiger partial charge in [0, 0.05) is 43.7 Å². The Kier molecular flexibility index (Phi) is 7.23. The fraction of sp³-hybridized carbons (Fsp3) is 0.222. The molecule has 0 bridgehead atoms. The lowest BCUT2D eigenvalue weighted by molar-refractivity contribution is -0.121. The van der Waals surface area contributed by atoms with Crippen LogP contribution in [0.25, 0.3) is 22.2 Å². The zero-order valence-electron chi connectivity index (χ0n) is 20.0. The number of rotatable bonds is 9. The molecule has 1 amide bonds. The lowest BCUT2D eigenvalue weighted by Gasteiger charge is -2.15. The molecule has 0 aliphatic rings. The molecular weight excluding hydrogens is 462 g/mol. The summed E-state index contributed by atoms with van der Waals surface area (Å²) in [6.45, 7) is 0.140. The number of fused-ring (bicyclic) bond motifs is 1. The molecule has 0 fully saturated rings. The van der Waals surface area contributed by atoms with Crippen LogP contribution in [0.4, 0.5) is 0 Å². The van der Waals surface area contributed by atoms with E-state index in [9.17, 15) is 13.2 Å². The van der Waals surface area contributed by atoms with Gasteiger partial charge in [-0.15, -0.1) is 0 Å². The monoisotopic (exact) mass is 491 g/mol. The average Bonchev–Trinajstić information content (AvgIpc) is 3.25. The van der Waals surface area contributed by atoms with Crippen LogP contribution in [0.2, 0.25) is 0 Å². The van der Waals surface area contributed by atoms with E-state index in [1.165, 1.54) is 18.4 Å². The third-order valence-electron chi connectivity index (χ3n) is 6.00. The number of methoxy groups -OCH3 is 1. The Hall–Kier alpha value is -3.62. The van der Waals surface area contributed by atoms with Gasteiger partial charge in [0.15, 0.2) is 0 Å². The number of amides is 1. The Labute approximate surface area is 205 Å². The minimum Gasteiger partial charge on any atom is -0.497 e. The molecule has 1 heterocycles. The highest BCUT2D eigenvalue weighted by Crippen LogP contribution is 2.32. The first-order valence-corrected chi connectivity index (χ1v) is 12.8. The lowest BCUT2D eigenvalue weighted by Crippen LogP contribution is -2.27. The van der Waals surface area contributed by atoms with Gasteiger partial charge in [-0.25, -0.2) is 12.7 Å². The normalized spacial score (nSPS) is 11.7.